The molecule has 0 spiro atoms. The van der Waals surface area contributed by atoms with Crippen LogP contribution in [0.2, 0.25) is 0 Å². The molecule has 3 N–H and O–H groups in total. The van der Waals surface area contributed by atoms with E-state index in [4.69, 9.17) is 10.7 Å². The van der Waals surface area contributed by atoms with Crippen molar-refractivity contribution in [2.75, 3.05) is 0 Å². The number of fused-ring (bicyclic) bond motifs is 3. The Hall–Kier alpha value is -2.71. The Morgan fingerprint density at radius 2 is 1.79 bits per heavy atom. The van der Waals surface area contributed by atoms with Crippen molar-refractivity contribution in [2.45, 2.75) is 54.6 Å². The zero-order chi connectivity index (χ0) is 20.2. The Kier molecular flexibility index (Phi) is 4.22. The van der Waals surface area contributed by atoms with Crippen LogP contribution in [0.1, 0.15) is 37.5 Å². The van der Waals surface area contributed by atoms with E-state index < -0.39 is 9.84 Å². The normalized spacial score (nSPS) is 20.5. The van der Waals surface area contributed by atoms with Gasteiger partial charge in [0.25, 0.3) is 0 Å². The molecule has 0 amide bonds. The van der Waals surface area contributed by atoms with Crippen LogP contribution >= 0.6 is 0 Å². The number of aromatic amines is 1. The van der Waals surface area contributed by atoms with Gasteiger partial charge in [-0.3, -0.25) is 0 Å². The van der Waals surface area contributed by atoms with Crippen molar-refractivity contribution in [3.63, 3.8) is 0 Å². The quantitative estimate of drug-likeness (QED) is 0.539. The molecule has 0 saturated heterocycles. The van der Waals surface area contributed by atoms with E-state index in [9.17, 15) is 8.42 Å². The van der Waals surface area contributed by atoms with E-state index in [1.54, 1.807) is 36.5 Å². The minimum Gasteiger partial charge on any atom is -0.346 e. The maximum atomic E-state index is 13.4. The van der Waals surface area contributed by atoms with Gasteiger partial charge in [-0.2, -0.15) is 0 Å². The highest BCUT2D eigenvalue weighted by Gasteiger charge is 2.30. The van der Waals surface area contributed by atoms with E-state index in [2.05, 4.69) is 14.5 Å². The number of nitrogens with one attached hydrogen (secondary N) is 1. The number of imidazole rings is 1. The molecule has 0 atom stereocenters. The summed E-state index contributed by atoms with van der Waals surface area (Å²) in [7, 11) is -3.80. The molecule has 150 valence electrons. The van der Waals surface area contributed by atoms with Crippen molar-refractivity contribution in [1.82, 2.24) is 19.5 Å². The second-order valence-corrected chi connectivity index (χ2v) is 9.63. The molecule has 1 aromatic carbocycles. The summed E-state index contributed by atoms with van der Waals surface area (Å²) in [6, 6.07) is 10.8. The second kappa shape index (κ2) is 6.67. The standard InChI is InChI=1S/C21H23N5O2S/c1-13-24-18-19(26(13)15-9-7-14(22)8-10-15)17-11-12-23-20(17)25-21(18)29(27,28)16-5-3-2-4-6-16/h2-6,11-12,14-15H,7-10,22H2,1H3,(H,23,25). The first kappa shape index (κ1) is 18.3. The summed E-state index contributed by atoms with van der Waals surface area (Å²) >= 11 is 0. The molecule has 5 rings (SSSR count). The van der Waals surface area contributed by atoms with Crippen LogP contribution in [0.15, 0.2) is 52.5 Å². The molecule has 7 nitrogen and oxygen atoms in total. The van der Waals surface area contributed by atoms with Crippen molar-refractivity contribution in [3.8, 4) is 0 Å². The minimum absolute atomic E-state index is 0.00279. The molecule has 8 heteroatoms. The van der Waals surface area contributed by atoms with Gasteiger partial charge < -0.3 is 15.3 Å². The zero-order valence-electron chi connectivity index (χ0n) is 16.2. The van der Waals surface area contributed by atoms with Crippen molar-refractivity contribution in [3.05, 3.63) is 48.4 Å². The number of aryl methyl sites for hydroxylation is 1. The van der Waals surface area contributed by atoms with Gasteiger partial charge in [0.2, 0.25) is 9.84 Å². The van der Waals surface area contributed by atoms with Crippen LogP contribution in [0, 0.1) is 6.92 Å². The van der Waals surface area contributed by atoms with Gasteiger partial charge in [-0.1, -0.05) is 18.2 Å². The van der Waals surface area contributed by atoms with Crippen LogP contribution in [0.5, 0.6) is 0 Å². The Labute approximate surface area is 168 Å². The topological polar surface area (TPSA) is 107 Å². The molecule has 0 bridgehead atoms. The van der Waals surface area contributed by atoms with Crippen LogP contribution in [0.25, 0.3) is 22.1 Å². The number of hydrogen-bond donors (Lipinski definition) is 2. The number of nitrogens with zero attached hydrogens (tertiary/aromatic N) is 3. The van der Waals surface area contributed by atoms with Gasteiger partial charge >= 0.3 is 0 Å². The number of H-pyrrole nitrogens is 1. The lowest BCUT2D eigenvalue weighted by molar-refractivity contribution is 0.325. The highest BCUT2D eigenvalue weighted by molar-refractivity contribution is 7.91. The summed E-state index contributed by atoms with van der Waals surface area (Å²) in [6.07, 6.45) is 5.63. The predicted octanol–water partition coefficient (Wildman–Crippen LogP) is 3.50. The number of nitrogens with two attached hydrogens (primary N) is 1. The van der Waals surface area contributed by atoms with Crippen molar-refractivity contribution >= 4 is 31.9 Å². The van der Waals surface area contributed by atoms with Crippen molar-refractivity contribution < 1.29 is 8.42 Å². The molecule has 4 aromatic rings. The molecule has 3 heterocycles. The van der Waals surface area contributed by atoms with Crippen LogP contribution in [0.4, 0.5) is 0 Å². The Bertz CT molecular complexity index is 1300. The third-order valence-corrected chi connectivity index (χ3v) is 7.58. The molecule has 0 radical (unpaired) electrons. The van der Waals surface area contributed by atoms with E-state index in [-0.39, 0.29) is 22.0 Å². The van der Waals surface area contributed by atoms with E-state index in [1.807, 2.05) is 13.0 Å². The first-order valence-corrected chi connectivity index (χ1v) is 11.4. The molecule has 29 heavy (non-hydrogen) atoms. The minimum atomic E-state index is -3.80. The molecule has 1 aliphatic rings. The number of benzene rings is 1. The number of pyridine rings is 1. The summed E-state index contributed by atoms with van der Waals surface area (Å²) in [5, 5.41) is 0.894. The van der Waals surface area contributed by atoms with Crippen LogP contribution in [-0.4, -0.2) is 34.0 Å². The van der Waals surface area contributed by atoms with Crippen LogP contribution in [-0.2, 0) is 9.84 Å². The SMILES string of the molecule is Cc1nc2c(S(=O)(=O)c3ccccc3)nc3[nH]ccc3c2n1C1CCC(N)CC1. The highest BCUT2D eigenvalue weighted by Crippen LogP contribution is 2.37. The molecule has 1 saturated carbocycles. The molecule has 0 aliphatic heterocycles. The summed E-state index contributed by atoms with van der Waals surface area (Å²) in [4.78, 5) is 12.5. The van der Waals surface area contributed by atoms with Gasteiger partial charge in [0, 0.05) is 23.7 Å². The van der Waals surface area contributed by atoms with E-state index >= 15 is 0 Å². The fourth-order valence-electron chi connectivity index (χ4n) is 4.45. The summed E-state index contributed by atoms with van der Waals surface area (Å²) in [5.41, 5.74) is 7.93. The second-order valence-electron chi connectivity index (χ2n) is 7.77. The third-order valence-electron chi connectivity index (χ3n) is 5.90. The third kappa shape index (κ3) is 2.86. The lowest BCUT2D eigenvalue weighted by Gasteiger charge is -2.28. The lowest BCUT2D eigenvalue weighted by Crippen LogP contribution is -2.28. The van der Waals surface area contributed by atoms with Gasteiger partial charge in [0.1, 0.15) is 17.0 Å². The lowest BCUT2D eigenvalue weighted by atomic mass is 9.91. The Morgan fingerprint density at radius 3 is 2.52 bits per heavy atom. The smallest absolute Gasteiger partial charge is 0.226 e. The van der Waals surface area contributed by atoms with Gasteiger partial charge in [-0.05, 0) is 50.8 Å². The van der Waals surface area contributed by atoms with E-state index in [0.29, 0.717) is 11.2 Å². The fraction of sp³-hybridized carbons (Fsp3) is 0.333. The Morgan fingerprint density at radius 1 is 1.07 bits per heavy atom. The predicted molar refractivity (Wildman–Crippen MR) is 111 cm³/mol. The van der Waals surface area contributed by atoms with Gasteiger partial charge in [0.05, 0.1) is 10.4 Å². The molecular weight excluding hydrogens is 386 g/mol. The molecular formula is C21H23N5O2S. The average molecular weight is 410 g/mol. The van der Waals surface area contributed by atoms with E-state index in [1.165, 1.54) is 0 Å². The van der Waals surface area contributed by atoms with Crippen molar-refractivity contribution in [2.24, 2.45) is 5.73 Å². The fourth-order valence-corrected chi connectivity index (χ4v) is 5.80. The van der Waals surface area contributed by atoms with Crippen molar-refractivity contribution in [1.29, 1.82) is 0 Å². The summed E-state index contributed by atoms with van der Waals surface area (Å²) < 4.78 is 29.0. The number of rotatable bonds is 3. The maximum Gasteiger partial charge on any atom is 0.226 e. The average Bonchev–Trinajstić information content (AvgIpc) is 3.32. The zero-order valence-corrected chi connectivity index (χ0v) is 17.0. The Balaban J connectivity index is 1.80. The first-order valence-electron chi connectivity index (χ1n) is 9.88. The monoisotopic (exact) mass is 409 g/mol. The van der Waals surface area contributed by atoms with E-state index in [0.717, 1.165) is 42.4 Å². The molecule has 1 aliphatic carbocycles. The summed E-state index contributed by atoms with van der Waals surface area (Å²) in [5.74, 6) is 0.806. The highest BCUT2D eigenvalue weighted by atomic mass is 32.2. The largest absolute Gasteiger partial charge is 0.346 e. The van der Waals surface area contributed by atoms with Gasteiger partial charge in [-0.15, -0.1) is 0 Å². The molecule has 3 aromatic heterocycles. The molecule has 0 unspecified atom stereocenters. The molecule has 1 fully saturated rings. The van der Waals surface area contributed by atoms with Crippen LogP contribution in [0.3, 0.4) is 0 Å². The van der Waals surface area contributed by atoms with Gasteiger partial charge in [0.15, 0.2) is 5.03 Å². The van der Waals surface area contributed by atoms with Crippen LogP contribution < -0.4 is 5.73 Å². The number of hydrogen-bond acceptors (Lipinski definition) is 5. The summed E-state index contributed by atoms with van der Waals surface area (Å²) in [6.45, 7) is 1.94. The number of aromatic nitrogens is 4. The first-order chi connectivity index (χ1) is 14.0. The maximum absolute atomic E-state index is 13.4. The number of sulfone groups is 1. The van der Waals surface area contributed by atoms with Gasteiger partial charge in [-0.25, -0.2) is 18.4 Å².